The molecule has 2 heterocycles. The Bertz CT molecular complexity index is 761. The minimum Gasteiger partial charge on any atom is -0.337 e. The first-order valence-corrected chi connectivity index (χ1v) is 10.3. The van der Waals surface area contributed by atoms with Crippen LogP contribution in [0.3, 0.4) is 0 Å². The lowest BCUT2D eigenvalue weighted by atomic mass is 9.94. The van der Waals surface area contributed by atoms with Crippen LogP contribution in [0, 0.1) is 0 Å². The topological polar surface area (TPSA) is 41.4 Å². The number of carbonyl (C=O) groups is 1. The van der Waals surface area contributed by atoms with Gasteiger partial charge in [0.05, 0.1) is 0 Å². The number of imidazole rings is 1. The van der Waals surface area contributed by atoms with E-state index in [2.05, 4.69) is 9.88 Å². The van der Waals surface area contributed by atoms with E-state index in [-0.39, 0.29) is 5.91 Å². The third-order valence-electron chi connectivity index (χ3n) is 6.12. The number of rotatable bonds is 3. The Hall–Kier alpha value is -2.14. The third kappa shape index (κ3) is 4.08. The fraction of sp³-hybridized carbons (Fsp3) is 0.545. The maximum atomic E-state index is 13.0. The number of nitrogens with zero attached hydrogens (tertiary/aromatic N) is 4. The molecule has 4 rings (SSSR count). The Morgan fingerprint density at radius 1 is 0.963 bits per heavy atom. The van der Waals surface area contributed by atoms with Crippen molar-refractivity contribution in [1.82, 2.24) is 19.4 Å². The Labute approximate surface area is 162 Å². The molecule has 144 valence electrons. The second-order valence-corrected chi connectivity index (χ2v) is 7.91. The van der Waals surface area contributed by atoms with Gasteiger partial charge in [-0.2, -0.15) is 0 Å². The molecule has 1 aliphatic heterocycles. The van der Waals surface area contributed by atoms with Gasteiger partial charge in [-0.25, -0.2) is 4.98 Å². The molecule has 27 heavy (non-hydrogen) atoms. The van der Waals surface area contributed by atoms with Crippen molar-refractivity contribution in [3.8, 4) is 11.4 Å². The second kappa shape index (κ2) is 8.26. The van der Waals surface area contributed by atoms with Crippen LogP contribution in [0.25, 0.3) is 11.4 Å². The molecule has 2 fully saturated rings. The highest BCUT2D eigenvalue weighted by Crippen LogP contribution is 2.24. The predicted molar refractivity (Wildman–Crippen MR) is 108 cm³/mol. The standard InChI is InChI=1S/C22H30N4O/c1-24-15-12-23-21(24)18-8-10-19(11-9-18)22(27)26-14-5-13-25(16-17-26)20-6-3-2-4-7-20/h8-12,15,20H,2-7,13-14,16-17H2,1H3. The maximum Gasteiger partial charge on any atom is 0.253 e. The highest BCUT2D eigenvalue weighted by atomic mass is 16.2. The summed E-state index contributed by atoms with van der Waals surface area (Å²) in [5, 5.41) is 0. The number of hydrogen-bond donors (Lipinski definition) is 0. The number of amides is 1. The predicted octanol–water partition coefficient (Wildman–Crippen LogP) is 3.57. The lowest BCUT2D eigenvalue weighted by molar-refractivity contribution is 0.0755. The molecule has 1 aromatic carbocycles. The fourth-order valence-corrected chi connectivity index (χ4v) is 4.54. The summed E-state index contributed by atoms with van der Waals surface area (Å²) in [6, 6.07) is 8.63. The normalized spacial score (nSPS) is 19.8. The van der Waals surface area contributed by atoms with Crippen LogP contribution < -0.4 is 0 Å². The average molecular weight is 367 g/mol. The molecular weight excluding hydrogens is 336 g/mol. The van der Waals surface area contributed by atoms with Gasteiger partial charge in [0.25, 0.3) is 5.91 Å². The molecule has 0 radical (unpaired) electrons. The summed E-state index contributed by atoms with van der Waals surface area (Å²) < 4.78 is 1.99. The van der Waals surface area contributed by atoms with E-state index in [0.29, 0.717) is 0 Å². The molecule has 1 saturated heterocycles. The maximum absolute atomic E-state index is 13.0. The summed E-state index contributed by atoms with van der Waals surface area (Å²) in [6.07, 6.45) is 11.6. The zero-order chi connectivity index (χ0) is 18.6. The molecule has 0 spiro atoms. The Morgan fingerprint density at radius 2 is 1.74 bits per heavy atom. The SMILES string of the molecule is Cn1ccnc1-c1ccc(C(=O)N2CCCN(C3CCCCC3)CC2)cc1. The quantitative estimate of drug-likeness (QED) is 0.834. The van der Waals surface area contributed by atoms with Gasteiger partial charge in [-0.05, 0) is 31.4 Å². The van der Waals surface area contributed by atoms with Crippen molar-refractivity contribution >= 4 is 5.91 Å². The fourth-order valence-electron chi connectivity index (χ4n) is 4.54. The largest absolute Gasteiger partial charge is 0.337 e. The van der Waals surface area contributed by atoms with Gasteiger partial charge >= 0.3 is 0 Å². The number of hydrogen-bond acceptors (Lipinski definition) is 3. The van der Waals surface area contributed by atoms with E-state index < -0.39 is 0 Å². The van der Waals surface area contributed by atoms with Gasteiger partial charge in [0.15, 0.2) is 0 Å². The molecule has 5 nitrogen and oxygen atoms in total. The van der Waals surface area contributed by atoms with Crippen LogP contribution >= 0.6 is 0 Å². The molecule has 2 aromatic rings. The second-order valence-electron chi connectivity index (χ2n) is 7.91. The van der Waals surface area contributed by atoms with Gasteiger partial charge in [-0.1, -0.05) is 31.4 Å². The van der Waals surface area contributed by atoms with Crippen LogP contribution in [-0.4, -0.2) is 57.5 Å². The lowest BCUT2D eigenvalue weighted by Crippen LogP contribution is -2.40. The summed E-state index contributed by atoms with van der Waals surface area (Å²) in [5.74, 6) is 1.08. The number of aryl methyl sites for hydroxylation is 1. The summed E-state index contributed by atoms with van der Waals surface area (Å²) >= 11 is 0. The zero-order valence-electron chi connectivity index (χ0n) is 16.3. The molecule has 0 bridgehead atoms. The summed E-state index contributed by atoms with van der Waals surface area (Å²) in [4.78, 5) is 22.0. The molecule has 0 unspecified atom stereocenters. The number of benzene rings is 1. The third-order valence-corrected chi connectivity index (χ3v) is 6.12. The molecule has 5 heteroatoms. The van der Waals surface area contributed by atoms with Crippen molar-refractivity contribution in [1.29, 1.82) is 0 Å². The van der Waals surface area contributed by atoms with Crippen molar-refractivity contribution in [2.24, 2.45) is 7.05 Å². The van der Waals surface area contributed by atoms with Crippen LogP contribution in [-0.2, 0) is 7.05 Å². The molecule has 1 saturated carbocycles. The van der Waals surface area contributed by atoms with Crippen LogP contribution in [0.2, 0.25) is 0 Å². The van der Waals surface area contributed by atoms with E-state index in [9.17, 15) is 4.79 Å². The lowest BCUT2D eigenvalue weighted by Gasteiger charge is -2.33. The first kappa shape index (κ1) is 18.2. The van der Waals surface area contributed by atoms with Gasteiger partial charge in [0.2, 0.25) is 0 Å². The Kier molecular flexibility index (Phi) is 5.58. The molecular formula is C22H30N4O. The summed E-state index contributed by atoms with van der Waals surface area (Å²) in [7, 11) is 1.98. The van der Waals surface area contributed by atoms with E-state index in [1.165, 1.54) is 32.1 Å². The van der Waals surface area contributed by atoms with Crippen molar-refractivity contribution in [2.45, 2.75) is 44.6 Å². The van der Waals surface area contributed by atoms with Crippen molar-refractivity contribution in [2.75, 3.05) is 26.2 Å². The van der Waals surface area contributed by atoms with Crippen LogP contribution in [0.4, 0.5) is 0 Å². The van der Waals surface area contributed by atoms with Crippen LogP contribution in [0.15, 0.2) is 36.7 Å². The van der Waals surface area contributed by atoms with Gasteiger partial charge in [-0.15, -0.1) is 0 Å². The first-order valence-electron chi connectivity index (χ1n) is 10.3. The first-order chi connectivity index (χ1) is 13.2. The highest BCUT2D eigenvalue weighted by Gasteiger charge is 2.25. The van der Waals surface area contributed by atoms with Gasteiger partial charge < -0.3 is 9.47 Å². The monoisotopic (exact) mass is 366 g/mol. The van der Waals surface area contributed by atoms with Gasteiger partial charge in [-0.3, -0.25) is 9.69 Å². The Morgan fingerprint density at radius 3 is 2.44 bits per heavy atom. The van der Waals surface area contributed by atoms with Crippen molar-refractivity contribution in [3.63, 3.8) is 0 Å². The minimum atomic E-state index is 0.159. The van der Waals surface area contributed by atoms with Crippen LogP contribution in [0.5, 0.6) is 0 Å². The van der Waals surface area contributed by atoms with E-state index in [1.807, 2.05) is 47.0 Å². The number of aromatic nitrogens is 2. The van der Waals surface area contributed by atoms with Crippen molar-refractivity contribution in [3.05, 3.63) is 42.2 Å². The number of carbonyl (C=O) groups excluding carboxylic acids is 1. The molecule has 2 aliphatic rings. The Balaban J connectivity index is 1.39. The van der Waals surface area contributed by atoms with E-state index >= 15 is 0 Å². The van der Waals surface area contributed by atoms with Crippen LogP contribution in [0.1, 0.15) is 48.9 Å². The van der Waals surface area contributed by atoms with E-state index in [0.717, 1.165) is 55.6 Å². The molecule has 1 amide bonds. The summed E-state index contributed by atoms with van der Waals surface area (Å²) in [5.41, 5.74) is 1.82. The van der Waals surface area contributed by atoms with E-state index in [4.69, 9.17) is 0 Å². The van der Waals surface area contributed by atoms with Gasteiger partial charge in [0.1, 0.15) is 5.82 Å². The van der Waals surface area contributed by atoms with E-state index in [1.54, 1.807) is 6.20 Å². The molecule has 0 atom stereocenters. The van der Waals surface area contributed by atoms with Gasteiger partial charge in [0, 0.05) is 62.8 Å². The highest BCUT2D eigenvalue weighted by molar-refractivity contribution is 5.94. The molecule has 0 N–H and O–H groups in total. The smallest absolute Gasteiger partial charge is 0.253 e. The zero-order valence-corrected chi connectivity index (χ0v) is 16.3. The molecule has 1 aromatic heterocycles. The minimum absolute atomic E-state index is 0.159. The summed E-state index contributed by atoms with van der Waals surface area (Å²) in [6.45, 7) is 3.86. The van der Waals surface area contributed by atoms with Crippen molar-refractivity contribution < 1.29 is 4.79 Å². The average Bonchev–Trinajstić information content (AvgIpc) is 3.00. The molecule has 1 aliphatic carbocycles.